The van der Waals surface area contributed by atoms with Crippen LogP contribution in [0.1, 0.15) is 19.3 Å². The van der Waals surface area contributed by atoms with Gasteiger partial charge in [0.05, 0.1) is 0 Å². The maximum absolute atomic E-state index is 10.4. The first-order valence-electron chi connectivity index (χ1n) is 3.70. The predicted octanol–water partition coefficient (Wildman–Crippen LogP) is 1.18. The van der Waals surface area contributed by atoms with Crippen molar-refractivity contribution in [3.8, 4) is 0 Å². The summed E-state index contributed by atoms with van der Waals surface area (Å²) in [6, 6.07) is 0.440. The second-order valence-corrected chi connectivity index (χ2v) is 2.66. The Labute approximate surface area is 61.5 Å². The summed E-state index contributed by atoms with van der Waals surface area (Å²) in [5.41, 5.74) is 0. The second kappa shape index (κ2) is 3.40. The van der Waals surface area contributed by atoms with Crippen LogP contribution in [0.3, 0.4) is 0 Å². The molecule has 1 rings (SSSR count). The molecule has 0 aliphatic carbocycles. The molecule has 1 fully saturated rings. The molecular weight excluding hydrogens is 126 g/mol. The molecule has 0 saturated carbocycles. The SMILES string of the molecule is C=CCC1CCCN1C=O. The summed E-state index contributed by atoms with van der Waals surface area (Å²) in [7, 11) is 0. The fourth-order valence-corrected chi connectivity index (χ4v) is 1.44. The average Bonchev–Trinajstić information content (AvgIpc) is 2.36. The molecule has 1 amide bonds. The summed E-state index contributed by atoms with van der Waals surface area (Å²) in [5.74, 6) is 0. The van der Waals surface area contributed by atoms with Crippen molar-refractivity contribution >= 4 is 6.41 Å². The first-order chi connectivity index (χ1) is 4.88. The lowest BCUT2D eigenvalue weighted by molar-refractivity contribution is -0.118. The highest BCUT2D eigenvalue weighted by molar-refractivity contribution is 5.48. The third-order valence-corrected chi connectivity index (χ3v) is 2.00. The lowest BCUT2D eigenvalue weighted by Gasteiger charge is -2.17. The highest BCUT2D eigenvalue weighted by atomic mass is 16.1. The third-order valence-electron chi connectivity index (χ3n) is 2.00. The van der Waals surface area contributed by atoms with E-state index >= 15 is 0 Å². The van der Waals surface area contributed by atoms with E-state index < -0.39 is 0 Å². The van der Waals surface area contributed by atoms with E-state index in [-0.39, 0.29) is 0 Å². The first-order valence-corrected chi connectivity index (χ1v) is 3.70. The van der Waals surface area contributed by atoms with Crippen molar-refractivity contribution in [1.29, 1.82) is 0 Å². The molecule has 1 unspecified atom stereocenters. The number of amides is 1. The molecule has 0 N–H and O–H groups in total. The smallest absolute Gasteiger partial charge is 0.209 e. The van der Waals surface area contributed by atoms with Gasteiger partial charge in [0.25, 0.3) is 0 Å². The highest BCUT2D eigenvalue weighted by Gasteiger charge is 2.20. The van der Waals surface area contributed by atoms with Crippen molar-refractivity contribution in [1.82, 2.24) is 4.90 Å². The van der Waals surface area contributed by atoms with E-state index in [0.717, 1.165) is 32.2 Å². The molecule has 56 valence electrons. The van der Waals surface area contributed by atoms with Gasteiger partial charge in [-0.05, 0) is 19.3 Å². The van der Waals surface area contributed by atoms with Crippen LogP contribution in [0.4, 0.5) is 0 Å². The van der Waals surface area contributed by atoms with Crippen LogP contribution in [-0.2, 0) is 4.79 Å². The van der Waals surface area contributed by atoms with Crippen LogP contribution in [0.15, 0.2) is 12.7 Å². The number of hydrogen-bond donors (Lipinski definition) is 0. The molecule has 1 aliphatic rings. The monoisotopic (exact) mass is 139 g/mol. The topological polar surface area (TPSA) is 20.3 Å². The molecule has 1 heterocycles. The molecular formula is C8H13NO. The van der Waals surface area contributed by atoms with Gasteiger partial charge in [0.1, 0.15) is 0 Å². The molecule has 1 atom stereocenters. The van der Waals surface area contributed by atoms with E-state index in [4.69, 9.17) is 0 Å². The van der Waals surface area contributed by atoms with Gasteiger partial charge in [0, 0.05) is 12.6 Å². The molecule has 0 spiro atoms. The van der Waals surface area contributed by atoms with Crippen molar-refractivity contribution < 1.29 is 4.79 Å². The summed E-state index contributed by atoms with van der Waals surface area (Å²) in [4.78, 5) is 12.2. The van der Waals surface area contributed by atoms with Crippen LogP contribution in [0.5, 0.6) is 0 Å². The number of carbonyl (C=O) groups is 1. The van der Waals surface area contributed by atoms with Crippen LogP contribution in [0, 0.1) is 0 Å². The van der Waals surface area contributed by atoms with Gasteiger partial charge in [-0.15, -0.1) is 6.58 Å². The number of carbonyl (C=O) groups excluding carboxylic acids is 1. The molecule has 0 aromatic carbocycles. The standard InChI is InChI=1S/C8H13NO/c1-2-4-8-5-3-6-9(8)7-10/h2,7-8H,1,3-6H2. The van der Waals surface area contributed by atoms with Gasteiger partial charge in [0.15, 0.2) is 0 Å². The van der Waals surface area contributed by atoms with Crippen molar-refractivity contribution in [2.75, 3.05) is 6.54 Å². The maximum atomic E-state index is 10.4. The lowest BCUT2D eigenvalue weighted by atomic mass is 10.1. The Kier molecular flexibility index (Phi) is 2.49. The summed E-state index contributed by atoms with van der Waals surface area (Å²) in [5, 5.41) is 0. The normalized spacial score (nSPS) is 24.8. The van der Waals surface area contributed by atoms with E-state index in [1.807, 2.05) is 11.0 Å². The van der Waals surface area contributed by atoms with Crippen LogP contribution in [-0.4, -0.2) is 23.9 Å². The van der Waals surface area contributed by atoms with Crippen LogP contribution < -0.4 is 0 Å². The summed E-state index contributed by atoms with van der Waals surface area (Å²) in [6.07, 6.45) is 6.06. The molecule has 1 saturated heterocycles. The highest BCUT2D eigenvalue weighted by Crippen LogP contribution is 2.17. The predicted molar refractivity (Wildman–Crippen MR) is 40.6 cm³/mol. The Hall–Kier alpha value is -0.790. The average molecular weight is 139 g/mol. The third kappa shape index (κ3) is 1.38. The molecule has 0 radical (unpaired) electrons. The van der Waals surface area contributed by atoms with Gasteiger partial charge >= 0.3 is 0 Å². The molecule has 2 heteroatoms. The minimum Gasteiger partial charge on any atom is -0.342 e. The number of likely N-dealkylation sites (tertiary alicyclic amines) is 1. The van der Waals surface area contributed by atoms with Gasteiger partial charge in [-0.25, -0.2) is 0 Å². The molecule has 10 heavy (non-hydrogen) atoms. The Morgan fingerprint density at radius 3 is 3.10 bits per heavy atom. The van der Waals surface area contributed by atoms with Crippen molar-refractivity contribution in [2.24, 2.45) is 0 Å². The van der Waals surface area contributed by atoms with E-state index in [1.54, 1.807) is 0 Å². The number of rotatable bonds is 3. The van der Waals surface area contributed by atoms with E-state index in [2.05, 4.69) is 6.58 Å². The quantitative estimate of drug-likeness (QED) is 0.425. The Bertz CT molecular complexity index is 133. The summed E-state index contributed by atoms with van der Waals surface area (Å²) in [6.45, 7) is 4.58. The molecule has 0 aromatic heterocycles. The van der Waals surface area contributed by atoms with E-state index in [9.17, 15) is 4.79 Å². The van der Waals surface area contributed by atoms with Gasteiger partial charge in [0.2, 0.25) is 6.41 Å². The van der Waals surface area contributed by atoms with Crippen molar-refractivity contribution in [3.63, 3.8) is 0 Å². The zero-order valence-corrected chi connectivity index (χ0v) is 6.12. The summed E-state index contributed by atoms with van der Waals surface area (Å²) >= 11 is 0. The van der Waals surface area contributed by atoms with Gasteiger partial charge in [-0.1, -0.05) is 6.08 Å². The minimum atomic E-state index is 0.440. The first kappa shape index (κ1) is 7.32. The van der Waals surface area contributed by atoms with E-state index in [1.165, 1.54) is 0 Å². The van der Waals surface area contributed by atoms with Crippen LogP contribution >= 0.6 is 0 Å². The number of hydrogen-bond acceptors (Lipinski definition) is 1. The minimum absolute atomic E-state index is 0.440. The molecule has 0 aromatic rings. The molecule has 0 bridgehead atoms. The molecule has 2 nitrogen and oxygen atoms in total. The fourth-order valence-electron chi connectivity index (χ4n) is 1.44. The van der Waals surface area contributed by atoms with Crippen LogP contribution in [0.2, 0.25) is 0 Å². The summed E-state index contributed by atoms with van der Waals surface area (Å²) < 4.78 is 0. The van der Waals surface area contributed by atoms with E-state index in [0.29, 0.717) is 6.04 Å². The van der Waals surface area contributed by atoms with Crippen molar-refractivity contribution in [2.45, 2.75) is 25.3 Å². The largest absolute Gasteiger partial charge is 0.342 e. The van der Waals surface area contributed by atoms with Crippen LogP contribution in [0.25, 0.3) is 0 Å². The fraction of sp³-hybridized carbons (Fsp3) is 0.625. The zero-order chi connectivity index (χ0) is 7.40. The Morgan fingerprint density at radius 2 is 2.50 bits per heavy atom. The lowest BCUT2D eigenvalue weighted by Crippen LogP contribution is -2.26. The zero-order valence-electron chi connectivity index (χ0n) is 6.12. The van der Waals surface area contributed by atoms with Gasteiger partial charge in [-0.2, -0.15) is 0 Å². The van der Waals surface area contributed by atoms with Gasteiger partial charge < -0.3 is 4.90 Å². The van der Waals surface area contributed by atoms with Crippen molar-refractivity contribution in [3.05, 3.63) is 12.7 Å². The second-order valence-electron chi connectivity index (χ2n) is 2.66. The van der Waals surface area contributed by atoms with Gasteiger partial charge in [-0.3, -0.25) is 4.79 Å². The Balaban J connectivity index is 2.41. The molecule has 1 aliphatic heterocycles. The number of nitrogens with zero attached hydrogens (tertiary/aromatic N) is 1. The Morgan fingerprint density at radius 1 is 1.70 bits per heavy atom. The maximum Gasteiger partial charge on any atom is 0.209 e.